The molecule has 0 spiro atoms. The van der Waals surface area contributed by atoms with Gasteiger partial charge >= 0.3 is 0 Å². The van der Waals surface area contributed by atoms with Gasteiger partial charge in [-0.2, -0.15) is 0 Å². The third-order valence-corrected chi connectivity index (χ3v) is 4.53. The van der Waals surface area contributed by atoms with Crippen molar-refractivity contribution in [3.8, 4) is 11.1 Å². The Morgan fingerprint density at radius 3 is 2.56 bits per heavy atom. The van der Waals surface area contributed by atoms with Crippen molar-refractivity contribution >= 4 is 5.88 Å². The van der Waals surface area contributed by atoms with Gasteiger partial charge in [-0.25, -0.2) is 0 Å². The zero-order chi connectivity index (χ0) is 12.1. The number of benzene rings is 1. The van der Waals surface area contributed by atoms with Crippen molar-refractivity contribution in [1.29, 1.82) is 0 Å². The van der Waals surface area contributed by atoms with Crippen LogP contribution in [-0.4, -0.2) is 5.16 Å². The monoisotopic (exact) mass is 240 g/mol. The first-order chi connectivity index (χ1) is 8.86. The van der Waals surface area contributed by atoms with Crippen LogP contribution in [0, 0.1) is 11.8 Å². The number of rotatable bonds is 2. The minimum absolute atomic E-state index is 0.459. The smallest absolute Gasteiger partial charge is 0.230 e. The van der Waals surface area contributed by atoms with Crippen LogP contribution in [0.3, 0.4) is 0 Å². The molecule has 2 aliphatic rings. The molecule has 1 aromatic heterocycles. The lowest BCUT2D eigenvalue weighted by Crippen LogP contribution is -1.93. The van der Waals surface area contributed by atoms with E-state index in [1.807, 2.05) is 18.2 Å². The van der Waals surface area contributed by atoms with E-state index in [2.05, 4.69) is 17.3 Å². The molecule has 0 bridgehead atoms. The molecule has 0 aliphatic heterocycles. The molecule has 4 rings (SSSR count). The maximum absolute atomic E-state index is 5.96. The fourth-order valence-electron chi connectivity index (χ4n) is 3.67. The van der Waals surface area contributed by atoms with E-state index in [9.17, 15) is 0 Å². The van der Waals surface area contributed by atoms with Gasteiger partial charge in [0, 0.05) is 5.92 Å². The number of hydrogen-bond acceptors (Lipinski definition) is 3. The van der Waals surface area contributed by atoms with Crippen molar-refractivity contribution in [3.63, 3.8) is 0 Å². The molecule has 3 nitrogen and oxygen atoms in total. The number of anilines is 1. The first kappa shape index (κ1) is 10.2. The van der Waals surface area contributed by atoms with E-state index in [4.69, 9.17) is 10.3 Å². The maximum atomic E-state index is 5.96. The van der Waals surface area contributed by atoms with Crippen LogP contribution in [0.5, 0.6) is 0 Å². The topological polar surface area (TPSA) is 52.0 Å². The first-order valence-corrected chi connectivity index (χ1v) is 6.66. The van der Waals surface area contributed by atoms with Gasteiger partial charge in [-0.05, 0) is 30.2 Å². The molecule has 3 heteroatoms. The van der Waals surface area contributed by atoms with Crippen LogP contribution >= 0.6 is 0 Å². The Labute approximate surface area is 106 Å². The van der Waals surface area contributed by atoms with Gasteiger partial charge in [0.15, 0.2) is 0 Å². The largest absolute Gasteiger partial charge is 0.367 e. The Morgan fingerprint density at radius 1 is 1.11 bits per heavy atom. The molecule has 2 N–H and O–H groups in total. The second-order valence-electron chi connectivity index (χ2n) is 5.46. The van der Waals surface area contributed by atoms with Gasteiger partial charge < -0.3 is 10.3 Å². The van der Waals surface area contributed by atoms with Crippen LogP contribution in [0.2, 0.25) is 0 Å². The lowest BCUT2D eigenvalue weighted by Gasteiger charge is -2.03. The van der Waals surface area contributed by atoms with Gasteiger partial charge in [0.2, 0.25) is 5.88 Å². The van der Waals surface area contributed by atoms with Crippen molar-refractivity contribution in [2.45, 2.75) is 25.2 Å². The molecular weight excluding hydrogens is 224 g/mol. The molecule has 1 heterocycles. The molecular formula is C15H16N2O. The average molecular weight is 240 g/mol. The fraction of sp³-hybridized carbons (Fsp3) is 0.400. The van der Waals surface area contributed by atoms with E-state index in [1.165, 1.54) is 19.3 Å². The Kier molecular flexibility index (Phi) is 2.04. The molecule has 0 saturated heterocycles. The van der Waals surface area contributed by atoms with Crippen LogP contribution in [-0.2, 0) is 0 Å². The predicted octanol–water partition coefficient (Wildman–Crippen LogP) is 3.44. The highest BCUT2D eigenvalue weighted by molar-refractivity contribution is 5.76. The van der Waals surface area contributed by atoms with Crippen molar-refractivity contribution in [3.05, 3.63) is 36.0 Å². The third-order valence-electron chi connectivity index (χ3n) is 4.53. The normalized spacial score (nSPS) is 29.2. The van der Waals surface area contributed by atoms with Gasteiger partial charge in [0.05, 0.1) is 11.3 Å². The Hall–Kier alpha value is -1.77. The lowest BCUT2D eigenvalue weighted by atomic mass is 10.00. The number of nitrogen functional groups attached to an aromatic ring is 1. The summed E-state index contributed by atoms with van der Waals surface area (Å²) in [5.74, 6) is 2.71. The van der Waals surface area contributed by atoms with Crippen LogP contribution in [0.25, 0.3) is 11.1 Å². The Balaban J connectivity index is 1.77. The maximum Gasteiger partial charge on any atom is 0.230 e. The summed E-state index contributed by atoms with van der Waals surface area (Å²) in [4.78, 5) is 0. The van der Waals surface area contributed by atoms with E-state index < -0.39 is 0 Å². The molecule has 18 heavy (non-hydrogen) atoms. The summed E-state index contributed by atoms with van der Waals surface area (Å²) >= 11 is 0. The first-order valence-electron chi connectivity index (χ1n) is 6.66. The molecule has 2 saturated carbocycles. The molecule has 0 radical (unpaired) electrons. The second kappa shape index (κ2) is 3.61. The zero-order valence-electron chi connectivity index (χ0n) is 10.2. The van der Waals surface area contributed by atoms with Gasteiger partial charge in [-0.15, -0.1) is 0 Å². The zero-order valence-corrected chi connectivity index (χ0v) is 10.2. The summed E-state index contributed by atoms with van der Waals surface area (Å²) in [5.41, 5.74) is 9.20. The molecule has 2 aromatic rings. The Bertz CT molecular complexity index is 565. The van der Waals surface area contributed by atoms with Crippen molar-refractivity contribution in [2.24, 2.45) is 11.8 Å². The van der Waals surface area contributed by atoms with Crippen molar-refractivity contribution in [2.75, 3.05) is 5.73 Å². The molecule has 2 atom stereocenters. The quantitative estimate of drug-likeness (QED) is 0.874. The second-order valence-corrected chi connectivity index (χ2v) is 5.46. The highest BCUT2D eigenvalue weighted by Crippen LogP contribution is 2.64. The van der Waals surface area contributed by atoms with E-state index in [1.54, 1.807) is 0 Å². The highest BCUT2D eigenvalue weighted by atomic mass is 16.5. The molecule has 1 aromatic carbocycles. The van der Waals surface area contributed by atoms with Gasteiger partial charge in [0.25, 0.3) is 0 Å². The molecule has 0 amide bonds. The Morgan fingerprint density at radius 2 is 1.83 bits per heavy atom. The summed E-state index contributed by atoms with van der Waals surface area (Å²) in [6.07, 6.45) is 4.06. The van der Waals surface area contributed by atoms with E-state index in [-0.39, 0.29) is 0 Å². The standard InChI is InChI=1S/C15H16N2O/c16-15-12(9-5-2-1-3-6-9)14(17-18-15)13-10-7-4-8-11(10)13/h1-3,5-6,10-11,13H,4,7-8,16H2. The number of aromatic nitrogens is 1. The molecule has 2 aliphatic carbocycles. The number of fused-ring (bicyclic) bond motifs is 1. The van der Waals surface area contributed by atoms with E-state index in [0.717, 1.165) is 28.7 Å². The summed E-state index contributed by atoms with van der Waals surface area (Å²) in [6, 6.07) is 10.2. The highest BCUT2D eigenvalue weighted by Gasteiger charge is 2.55. The molecule has 92 valence electrons. The summed E-state index contributed by atoms with van der Waals surface area (Å²) in [6.45, 7) is 0. The van der Waals surface area contributed by atoms with Crippen LogP contribution in [0.4, 0.5) is 5.88 Å². The summed E-state index contributed by atoms with van der Waals surface area (Å²) in [5, 5.41) is 4.24. The predicted molar refractivity (Wildman–Crippen MR) is 69.9 cm³/mol. The summed E-state index contributed by atoms with van der Waals surface area (Å²) in [7, 11) is 0. The van der Waals surface area contributed by atoms with Crippen LogP contribution < -0.4 is 5.73 Å². The van der Waals surface area contributed by atoms with Crippen LogP contribution in [0.1, 0.15) is 30.9 Å². The fourth-order valence-corrected chi connectivity index (χ4v) is 3.67. The summed E-state index contributed by atoms with van der Waals surface area (Å²) < 4.78 is 5.24. The molecule has 2 unspecified atom stereocenters. The number of nitrogens with zero attached hydrogens (tertiary/aromatic N) is 1. The lowest BCUT2D eigenvalue weighted by molar-refractivity contribution is 0.424. The van der Waals surface area contributed by atoms with E-state index in [0.29, 0.717) is 11.8 Å². The molecule has 2 fully saturated rings. The minimum Gasteiger partial charge on any atom is -0.367 e. The average Bonchev–Trinajstić information content (AvgIpc) is 2.79. The number of nitrogens with two attached hydrogens (primary N) is 1. The van der Waals surface area contributed by atoms with Crippen molar-refractivity contribution in [1.82, 2.24) is 5.16 Å². The van der Waals surface area contributed by atoms with Gasteiger partial charge in [0.1, 0.15) is 0 Å². The van der Waals surface area contributed by atoms with Gasteiger partial charge in [-0.1, -0.05) is 41.9 Å². The minimum atomic E-state index is 0.459. The number of hydrogen-bond donors (Lipinski definition) is 1. The third kappa shape index (κ3) is 1.33. The van der Waals surface area contributed by atoms with Crippen molar-refractivity contribution < 1.29 is 4.52 Å². The van der Waals surface area contributed by atoms with Crippen LogP contribution in [0.15, 0.2) is 34.9 Å². The van der Waals surface area contributed by atoms with E-state index >= 15 is 0 Å². The van der Waals surface area contributed by atoms with Gasteiger partial charge in [-0.3, -0.25) is 0 Å². The SMILES string of the molecule is Nc1onc(C2C3CCCC32)c1-c1ccccc1.